The van der Waals surface area contributed by atoms with Crippen LogP contribution in [-0.4, -0.2) is 12.6 Å². The zero-order valence-electron chi connectivity index (χ0n) is 9.62. The van der Waals surface area contributed by atoms with E-state index in [2.05, 4.69) is 6.07 Å². The summed E-state index contributed by atoms with van der Waals surface area (Å²) in [5, 5.41) is 8.77. The Balaban J connectivity index is 2.88. The van der Waals surface area contributed by atoms with E-state index < -0.39 is 0 Å². The van der Waals surface area contributed by atoms with Crippen LogP contribution in [0.1, 0.15) is 30.5 Å². The molecule has 0 aliphatic rings. The summed E-state index contributed by atoms with van der Waals surface area (Å²) in [6, 6.07) is 7.48. The number of benzene rings is 1. The van der Waals surface area contributed by atoms with E-state index in [1.807, 2.05) is 19.1 Å². The molecule has 0 N–H and O–H groups in total. The lowest BCUT2D eigenvalue weighted by Gasteiger charge is -2.07. The number of carbonyl (C=O) groups is 1. The summed E-state index contributed by atoms with van der Waals surface area (Å²) >= 11 is 0. The molecule has 1 rings (SSSR count). The molecule has 0 bridgehead atoms. The fourth-order valence-corrected chi connectivity index (χ4v) is 1.56. The van der Waals surface area contributed by atoms with Gasteiger partial charge in [-0.25, -0.2) is 0 Å². The maximum absolute atomic E-state index is 11.3. The first-order chi connectivity index (χ1) is 7.71. The molecule has 3 nitrogen and oxygen atoms in total. The van der Waals surface area contributed by atoms with Crippen LogP contribution in [0.25, 0.3) is 0 Å². The summed E-state index contributed by atoms with van der Waals surface area (Å²) in [7, 11) is 0. The predicted octanol–water partition coefficient (Wildman–Crippen LogP) is 2.23. The summed E-state index contributed by atoms with van der Waals surface area (Å²) in [5.74, 6) is -0.220. The van der Waals surface area contributed by atoms with Gasteiger partial charge < -0.3 is 4.74 Å². The molecular formula is C13H15NO2. The van der Waals surface area contributed by atoms with E-state index in [4.69, 9.17) is 10.00 Å². The summed E-state index contributed by atoms with van der Waals surface area (Å²) < 4.78 is 4.90. The maximum atomic E-state index is 11.3. The summed E-state index contributed by atoms with van der Waals surface area (Å²) in [4.78, 5) is 11.3. The molecule has 0 fully saturated rings. The summed E-state index contributed by atoms with van der Waals surface area (Å²) in [6.07, 6.45) is 1.09. The van der Waals surface area contributed by atoms with Gasteiger partial charge in [-0.15, -0.1) is 0 Å². The molecule has 0 saturated carbocycles. The van der Waals surface area contributed by atoms with E-state index in [1.165, 1.54) is 0 Å². The van der Waals surface area contributed by atoms with E-state index >= 15 is 0 Å². The van der Waals surface area contributed by atoms with Crippen LogP contribution in [0.15, 0.2) is 18.2 Å². The molecule has 0 spiro atoms. The Morgan fingerprint density at radius 3 is 2.69 bits per heavy atom. The van der Waals surface area contributed by atoms with Crippen molar-refractivity contribution in [2.24, 2.45) is 0 Å². The molecule has 0 aromatic heterocycles. The molecule has 0 aliphatic heterocycles. The highest BCUT2D eigenvalue weighted by Gasteiger charge is 2.08. The predicted molar refractivity (Wildman–Crippen MR) is 60.9 cm³/mol. The van der Waals surface area contributed by atoms with Crippen LogP contribution in [0.2, 0.25) is 0 Å². The molecule has 1 aromatic carbocycles. The lowest BCUT2D eigenvalue weighted by molar-refractivity contribution is -0.142. The molecule has 84 valence electrons. The van der Waals surface area contributed by atoms with Gasteiger partial charge in [-0.1, -0.05) is 13.0 Å². The van der Waals surface area contributed by atoms with Crippen LogP contribution >= 0.6 is 0 Å². The second kappa shape index (κ2) is 5.92. The zero-order chi connectivity index (χ0) is 12.0. The van der Waals surface area contributed by atoms with Crippen molar-refractivity contribution in [2.75, 3.05) is 6.61 Å². The third-order valence-electron chi connectivity index (χ3n) is 2.36. The van der Waals surface area contributed by atoms with Gasteiger partial charge in [0.1, 0.15) is 0 Å². The van der Waals surface area contributed by atoms with Gasteiger partial charge >= 0.3 is 5.97 Å². The molecule has 0 unspecified atom stereocenters. The molecule has 1 aromatic rings. The lowest BCUT2D eigenvalue weighted by Crippen LogP contribution is -2.09. The van der Waals surface area contributed by atoms with Crippen LogP contribution < -0.4 is 0 Å². The molecule has 16 heavy (non-hydrogen) atoms. The van der Waals surface area contributed by atoms with Crippen molar-refractivity contribution in [3.8, 4) is 6.07 Å². The van der Waals surface area contributed by atoms with Crippen LogP contribution in [0.5, 0.6) is 0 Å². The van der Waals surface area contributed by atoms with Gasteiger partial charge in [0.15, 0.2) is 0 Å². The van der Waals surface area contributed by atoms with E-state index in [0.29, 0.717) is 12.2 Å². The molecule has 3 heteroatoms. The van der Waals surface area contributed by atoms with Crippen molar-refractivity contribution < 1.29 is 9.53 Å². The lowest BCUT2D eigenvalue weighted by atomic mass is 10.00. The normalized spacial score (nSPS) is 9.56. The average molecular weight is 217 g/mol. The smallest absolute Gasteiger partial charge is 0.310 e. The van der Waals surface area contributed by atoms with Gasteiger partial charge in [-0.2, -0.15) is 5.26 Å². The molecule has 0 radical (unpaired) electrons. The quantitative estimate of drug-likeness (QED) is 0.726. The standard InChI is InChI=1S/C13H15NO2/c1-3-11-7-10(9-14)5-6-12(11)8-13(15)16-4-2/h5-7H,3-4,8H2,1-2H3. The molecule has 0 atom stereocenters. The van der Waals surface area contributed by atoms with E-state index in [-0.39, 0.29) is 12.4 Å². The fourth-order valence-electron chi connectivity index (χ4n) is 1.56. The van der Waals surface area contributed by atoms with Gasteiger partial charge in [0.05, 0.1) is 24.7 Å². The Hall–Kier alpha value is -1.82. The highest BCUT2D eigenvalue weighted by Crippen LogP contribution is 2.13. The topological polar surface area (TPSA) is 50.1 Å². The van der Waals surface area contributed by atoms with Crippen molar-refractivity contribution >= 4 is 5.97 Å². The van der Waals surface area contributed by atoms with Crippen molar-refractivity contribution in [1.29, 1.82) is 5.26 Å². The fraction of sp³-hybridized carbons (Fsp3) is 0.385. The average Bonchev–Trinajstić information content (AvgIpc) is 2.30. The van der Waals surface area contributed by atoms with E-state index in [9.17, 15) is 4.79 Å². The molecular weight excluding hydrogens is 202 g/mol. The Labute approximate surface area is 95.7 Å². The van der Waals surface area contributed by atoms with E-state index in [0.717, 1.165) is 17.5 Å². The second-order valence-corrected chi connectivity index (χ2v) is 3.43. The Kier molecular flexibility index (Phi) is 4.53. The number of esters is 1. The molecule has 0 saturated heterocycles. The number of nitriles is 1. The van der Waals surface area contributed by atoms with Crippen molar-refractivity contribution in [3.63, 3.8) is 0 Å². The minimum absolute atomic E-state index is 0.220. The Morgan fingerprint density at radius 1 is 1.38 bits per heavy atom. The summed E-state index contributed by atoms with van der Waals surface area (Å²) in [6.45, 7) is 4.19. The Bertz CT molecular complexity index is 418. The van der Waals surface area contributed by atoms with Crippen LogP contribution in [0, 0.1) is 11.3 Å². The van der Waals surface area contributed by atoms with Gasteiger partial charge in [0.25, 0.3) is 0 Å². The first kappa shape index (κ1) is 12.3. The van der Waals surface area contributed by atoms with Gasteiger partial charge in [-0.3, -0.25) is 4.79 Å². The zero-order valence-corrected chi connectivity index (χ0v) is 9.62. The first-order valence-electron chi connectivity index (χ1n) is 5.38. The van der Waals surface area contributed by atoms with Gasteiger partial charge in [-0.05, 0) is 36.6 Å². The minimum Gasteiger partial charge on any atom is -0.466 e. The molecule has 0 amide bonds. The van der Waals surface area contributed by atoms with E-state index in [1.54, 1.807) is 13.0 Å². The van der Waals surface area contributed by atoms with Crippen molar-refractivity contribution in [1.82, 2.24) is 0 Å². The van der Waals surface area contributed by atoms with Gasteiger partial charge in [0, 0.05) is 0 Å². The number of rotatable bonds is 4. The maximum Gasteiger partial charge on any atom is 0.310 e. The van der Waals surface area contributed by atoms with Crippen molar-refractivity contribution in [3.05, 3.63) is 34.9 Å². The largest absolute Gasteiger partial charge is 0.466 e. The second-order valence-electron chi connectivity index (χ2n) is 3.43. The number of nitrogens with zero attached hydrogens (tertiary/aromatic N) is 1. The Morgan fingerprint density at radius 2 is 2.12 bits per heavy atom. The van der Waals surface area contributed by atoms with Crippen LogP contribution in [-0.2, 0) is 22.4 Å². The number of carbonyl (C=O) groups excluding carboxylic acids is 1. The van der Waals surface area contributed by atoms with Crippen LogP contribution in [0.3, 0.4) is 0 Å². The number of hydrogen-bond acceptors (Lipinski definition) is 3. The monoisotopic (exact) mass is 217 g/mol. The summed E-state index contributed by atoms with van der Waals surface area (Å²) in [5.41, 5.74) is 2.61. The number of hydrogen-bond donors (Lipinski definition) is 0. The van der Waals surface area contributed by atoms with Gasteiger partial charge in [0.2, 0.25) is 0 Å². The number of ether oxygens (including phenoxy) is 1. The molecule has 0 aliphatic carbocycles. The van der Waals surface area contributed by atoms with Crippen molar-refractivity contribution in [2.45, 2.75) is 26.7 Å². The highest BCUT2D eigenvalue weighted by atomic mass is 16.5. The SMILES string of the molecule is CCOC(=O)Cc1ccc(C#N)cc1CC. The molecule has 0 heterocycles. The van der Waals surface area contributed by atoms with Crippen LogP contribution in [0.4, 0.5) is 0 Å². The third-order valence-corrected chi connectivity index (χ3v) is 2.36. The number of aryl methyl sites for hydroxylation is 1. The minimum atomic E-state index is -0.220. The third kappa shape index (κ3) is 3.09. The first-order valence-corrected chi connectivity index (χ1v) is 5.38. The highest BCUT2D eigenvalue weighted by molar-refractivity contribution is 5.73.